The Morgan fingerprint density at radius 2 is 1.45 bits per heavy atom. The first-order valence-electron chi connectivity index (χ1n) is 16.4. The molecule has 1 aliphatic rings. The number of para-hydroxylation sites is 1. The van der Waals surface area contributed by atoms with Crippen LogP contribution in [0.15, 0.2) is 120 Å². The van der Waals surface area contributed by atoms with Crippen molar-refractivity contribution < 1.29 is 13.2 Å². The second kappa shape index (κ2) is 13.0. The molecule has 0 bridgehead atoms. The summed E-state index contributed by atoms with van der Waals surface area (Å²) < 4.78 is 29.3. The van der Waals surface area contributed by atoms with Crippen LogP contribution in [0.5, 0.6) is 0 Å². The monoisotopic (exact) mass is 669 g/mol. The van der Waals surface area contributed by atoms with Crippen molar-refractivity contribution in [1.82, 2.24) is 13.9 Å². The van der Waals surface area contributed by atoms with Gasteiger partial charge >= 0.3 is 0 Å². The highest BCUT2D eigenvalue weighted by atomic mass is 32.2. The number of hydrogen-bond acceptors (Lipinski definition) is 6. The number of nitrogens with zero attached hydrogens (tertiary/aromatic N) is 5. The lowest BCUT2D eigenvalue weighted by atomic mass is 9.99. The number of rotatable bonds is 7. The van der Waals surface area contributed by atoms with E-state index < -0.39 is 10.0 Å². The molecule has 6 aromatic rings. The third-order valence-electron chi connectivity index (χ3n) is 9.45. The van der Waals surface area contributed by atoms with Gasteiger partial charge in [0, 0.05) is 79.1 Å². The summed E-state index contributed by atoms with van der Waals surface area (Å²) in [5.74, 6) is -0.138. The molecule has 248 valence electrons. The van der Waals surface area contributed by atoms with Crippen LogP contribution < -0.4 is 9.80 Å². The van der Waals surface area contributed by atoms with Gasteiger partial charge in [0.1, 0.15) is 0 Å². The maximum absolute atomic E-state index is 14.0. The van der Waals surface area contributed by atoms with Crippen molar-refractivity contribution in [2.75, 3.05) is 50.1 Å². The molecule has 1 saturated heterocycles. The highest BCUT2D eigenvalue weighted by Gasteiger charge is 2.24. The number of piperazine rings is 1. The summed E-state index contributed by atoms with van der Waals surface area (Å²) in [6, 6.07) is 32.1. The maximum atomic E-state index is 14.0. The SMILES string of the molecule is Cc1ccc(S(=O)(=O)n2cc(-c3ccc(C(=O)N(C)c4ccccc4)cc3)c3cc(-c4ccc(N5CCN(C)CC5)c(C)c4)cnc32)cc1. The molecule has 0 unspecified atom stereocenters. The zero-order valence-corrected chi connectivity index (χ0v) is 29.0. The summed E-state index contributed by atoms with van der Waals surface area (Å²) in [6.45, 7) is 8.11. The molecular weight excluding hydrogens is 631 g/mol. The lowest BCUT2D eigenvalue weighted by Gasteiger charge is -2.35. The summed E-state index contributed by atoms with van der Waals surface area (Å²) >= 11 is 0. The van der Waals surface area contributed by atoms with Crippen molar-refractivity contribution in [3.8, 4) is 22.3 Å². The lowest BCUT2D eigenvalue weighted by molar-refractivity contribution is 0.0993. The number of carbonyl (C=O) groups excluding carboxylic acids is 1. The van der Waals surface area contributed by atoms with Crippen LogP contribution in [0.25, 0.3) is 33.3 Å². The van der Waals surface area contributed by atoms with Crippen LogP contribution in [0, 0.1) is 13.8 Å². The summed E-state index contributed by atoms with van der Waals surface area (Å²) in [6.07, 6.45) is 3.39. The summed E-state index contributed by atoms with van der Waals surface area (Å²) in [5.41, 5.74) is 8.45. The Morgan fingerprint density at radius 3 is 2.12 bits per heavy atom. The third-order valence-corrected chi connectivity index (χ3v) is 11.1. The Labute approximate surface area is 287 Å². The van der Waals surface area contributed by atoms with E-state index in [0.29, 0.717) is 22.2 Å². The van der Waals surface area contributed by atoms with Gasteiger partial charge in [-0.15, -0.1) is 0 Å². The van der Waals surface area contributed by atoms with Crippen LogP contribution in [-0.2, 0) is 10.0 Å². The molecule has 9 heteroatoms. The lowest BCUT2D eigenvalue weighted by Crippen LogP contribution is -2.44. The fourth-order valence-electron chi connectivity index (χ4n) is 6.47. The van der Waals surface area contributed by atoms with E-state index in [0.717, 1.165) is 54.1 Å². The second-order valence-corrected chi connectivity index (χ2v) is 14.6. The third kappa shape index (κ3) is 6.23. The fourth-order valence-corrected chi connectivity index (χ4v) is 7.79. The highest BCUT2D eigenvalue weighted by Crippen LogP contribution is 2.36. The van der Waals surface area contributed by atoms with Gasteiger partial charge in [-0.2, -0.15) is 0 Å². The molecule has 1 fully saturated rings. The number of likely N-dealkylation sites (N-methyl/N-ethyl adjacent to an activating group) is 1. The minimum Gasteiger partial charge on any atom is -0.369 e. The predicted molar refractivity (Wildman–Crippen MR) is 198 cm³/mol. The average Bonchev–Trinajstić information content (AvgIpc) is 3.52. The zero-order chi connectivity index (χ0) is 34.3. The van der Waals surface area contributed by atoms with Crippen molar-refractivity contribution in [2.45, 2.75) is 18.7 Å². The van der Waals surface area contributed by atoms with Crippen molar-refractivity contribution in [1.29, 1.82) is 0 Å². The van der Waals surface area contributed by atoms with Gasteiger partial charge in [0.2, 0.25) is 0 Å². The second-order valence-electron chi connectivity index (χ2n) is 12.8. The molecule has 0 radical (unpaired) electrons. The fraction of sp³-hybridized carbons (Fsp3) is 0.200. The van der Waals surface area contributed by atoms with Gasteiger partial charge in [-0.3, -0.25) is 4.79 Å². The molecule has 0 atom stereocenters. The zero-order valence-electron chi connectivity index (χ0n) is 28.2. The number of aryl methyl sites for hydroxylation is 2. The minimum atomic E-state index is -3.95. The van der Waals surface area contributed by atoms with Crippen LogP contribution in [0.3, 0.4) is 0 Å². The summed E-state index contributed by atoms with van der Waals surface area (Å²) in [4.78, 5) is 24.7. The molecule has 1 amide bonds. The Hall–Kier alpha value is -5.25. The van der Waals surface area contributed by atoms with Gasteiger partial charge in [0.15, 0.2) is 5.65 Å². The van der Waals surface area contributed by atoms with E-state index in [1.165, 1.54) is 15.2 Å². The first kappa shape index (κ1) is 32.3. The number of benzene rings is 4. The molecule has 2 aromatic heterocycles. The average molecular weight is 670 g/mol. The molecule has 0 saturated carbocycles. The van der Waals surface area contributed by atoms with Crippen LogP contribution in [0.4, 0.5) is 11.4 Å². The van der Waals surface area contributed by atoms with Gasteiger partial charge in [-0.1, -0.05) is 54.1 Å². The number of amides is 1. The number of hydrogen-bond donors (Lipinski definition) is 0. The van der Waals surface area contributed by atoms with E-state index in [2.05, 4.69) is 42.0 Å². The highest BCUT2D eigenvalue weighted by molar-refractivity contribution is 7.90. The molecule has 0 aliphatic carbocycles. The number of pyridine rings is 1. The van der Waals surface area contributed by atoms with Crippen LogP contribution >= 0.6 is 0 Å². The van der Waals surface area contributed by atoms with Gasteiger partial charge in [0.05, 0.1) is 4.90 Å². The Kier molecular flexibility index (Phi) is 8.56. The Morgan fingerprint density at radius 1 is 0.776 bits per heavy atom. The van der Waals surface area contributed by atoms with Crippen molar-refractivity contribution in [2.24, 2.45) is 0 Å². The van der Waals surface area contributed by atoms with E-state index in [4.69, 9.17) is 4.98 Å². The van der Waals surface area contributed by atoms with E-state index in [-0.39, 0.29) is 10.8 Å². The Bertz CT molecular complexity index is 2260. The minimum absolute atomic E-state index is 0.138. The van der Waals surface area contributed by atoms with E-state index >= 15 is 0 Å². The largest absolute Gasteiger partial charge is 0.369 e. The molecule has 0 spiro atoms. The first-order valence-corrected chi connectivity index (χ1v) is 17.9. The summed E-state index contributed by atoms with van der Waals surface area (Å²) in [5, 5.41) is 0.703. The molecule has 1 aliphatic heterocycles. The maximum Gasteiger partial charge on any atom is 0.269 e. The van der Waals surface area contributed by atoms with E-state index in [1.807, 2.05) is 55.5 Å². The molecule has 49 heavy (non-hydrogen) atoms. The quantitative estimate of drug-likeness (QED) is 0.178. The summed E-state index contributed by atoms with van der Waals surface area (Å²) in [7, 11) is -0.0478. The molecular formula is C40H39N5O3S. The molecule has 7 rings (SSSR count). The standard InChI is InChI=1S/C40H39N5O3S/c1-28-10-17-35(18-11-28)49(47,48)45-27-37(30-12-14-31(15-13-30)40(46)43(4)34-8-6-5-7-9-34)36-25-33(26-41-39(36)45)32-16-19-38(29(2)24-32)44-22-20-42(3)21-23-44/h5-19,24-27H,20-23H2,1-4H3. The normalized spacial score (nSPS) is 13.9. The molecule has 8 nitrogen and oxygen atoms in total. The Balaban J connectivity index is 1.30. The molecule has 4 aromatic carbocycles. The topological polar surface area (TPSA) is 78.8 Å². The number of carbonyl (C=O) groups is 1. The number of aromatic nitrogens is 2. The van der Waals surface area contributed by atoms with Gasteiger partial charge in [0.25, 0.3) is 15.9 Å². The van der Waals surface area contributed by atoms with Crippen LogP contribution in [0.2, 0.25) is 0 Å². The molecule has 3 heterocycles. The van der Waals surface area contributed by atoms with Crippen LogP contribution in [0.1, 0.15) is 21.5 Å². The van der Waals surface area contributed by atoms with Crippen LogP contribution in [-0.4, -0.2) is 68.5 Å². The number of fused-ring (bicyclic) bond motifs is 1. The predicted octanol–water partition coefficient (Wildman–Crippen LogP) is 7.25. The molecule has 0 N–H and O–H groups in total. The number of anilines is 2. The van der Waals surface area contributed by atoms with E-state index in [9.17, 15) is 13.2 Å². The van der Waals surface area contributed by atoms with Gasteiger partial charge in [-0.25, -0.2) is 17.4 Å². The van der Waals surface area contributed by atoms with Crippen molar-refractivity contribution >= 4 is 38.3 Å². The van der Waals surface area contributed by atoms with Gasteiger partial charge < -0.3 is 14.7 Å². The first-order chi connectivity index (χ1) is 23.6. The van der Waals surface area contributed by atoms with Crippen molar-refractivity contribution in [3.05, 3.63) is 132 Å². The smallest absolute Gasteiger partial charge is 0.269 e. The van der Waals surface area contributed by atoms with E-state index in [1.54, 1.807) is 60.7 Å². The van der Waals surface area contributed by atoms with Gasteiger partial charge in [-0.05, 0) is 92.2 Å². The van der Waals surface area contributed by atoms with Crippen molar-refractivity contribution in [3.63, 3.8) is 0 Å².